The quantitative estimate of drug-likeness (QED) is 0.384. The van der Waals surface area contributed by atoms with Gasteiger partial charge in [-0.1, -0.05) is 37.0 Å². The summed E-state index contributed by atoms with van der Waals surface area (Å²) in [5.74, 6) is 0. The van der Waals surface area contributed by atoms with Crippen LogP contribution in [0.4, 0.5) is 0 Å². The highest BCUT2D eigenvalue weighted by atomic mass is 16.6. The van der Waals surface area contributed by atoms with E-state index in [4.69, 9.17) is 9.84 Å². The molecule has 0 spiro atoms. The van der Waals surface area contributed by atoms with Gasteiger partial charge in [0.2, 0.25) is 0 Å². The van der Waals surface area contributed by atoms with Crippen LogP contribution in [-0.4, -0.2) is 23.9 Å². The average Bonchev–Trinajstić information content (AvgIpc) is 2.90. The van der Waals surface area contributed by atoms with Gasteiger partial charge in [0.1, 0.15) is 6.10 Å². The molecule has 1 heterocycles. The standard InChI is InChI=1S/C11H16O2/c1-2-3-4-5-6-7-8-10-11(9-12)13-10/h2-4,6-7,10-12H,1,5,8-9H2/b4-3-,7-6-/t10-,11+/m1/s1. The van der Waals surface area contributed by atoms with E-state index in [-0.39, 0.29) is 18.8 Å². The molecule has 0 aromatic carbocycles. The minimum atomic E-state index is 0.0911. The first-order chi connectivity index (χ1) is 6.38. The first kappa shape index (κ1) is 10.2. The zero-order chi connectivity index (χ0) is 9.52. The van der Waals surface area contributed by atoms with Crippen molar-refractivity contribution in [3.8, 4) is 0 Å². The molecule has 2 atom stereocenters. The van der Waals surface area contributed by atoms with Crippen LogP contribution in [0.15, 0.2) is 37.0 Å². The maximum absolute atomic E-state index is 8.68. The van der Waals surface area contributed by atoms with E-state index in [2.05, 4.69) is 18.7 Å². The van der Waals surface area contributed by atoms with Crippen molar-refractivity contribution in [3.05, 3.63) is 37.0 Å². The summed E-state index contributed by atoms with van der Waals surface area (Å²) >= 11 is 0. The molecule has 0 saturated carbocycles. The minimum absolute atomic E-state index is 0.0911. The van der Waals surface area contributed by atoms with E-state index in [1.165, 1.54) is 0 Å². The molecule has 2 heteroatoms. The van der Waals surface area contributed by atoms with Crippen molar-refractivity contribution in [1.29, 1.82) is 0 Å². The summed E-state index contributed by atoms with van der Waals surface area (Å²) in [7, 11) is 0. The number of epoxide rings is 1. The third-order valence-corrected chi connectivity index (χ3v) is 1.95. The lowest BCUT2D eigenvalue weighted by Gasteiger charge is -1.84. The van der Waals surface area contributed by atoms with E-state index in [9.17, 15) is 0 Å². The number of aliphatic hydroxyl groups is 1. The molecule has 2 nitrogen and oxygen atoms in total. The molecular formula is C11H16O2. The maximum atomic E-state index is 8.68. The lowest BCUT2D eigenvalue weighted by molar-refractivity contribution is 0.242. The van der Waals surface area contributed by atoms with Crippen LogP contribution in [0, 0.1) is 0 Å². The molecule has 0 aliphatic carbocycles. The highest BCUT2D eigenvalue weighted by Gasteiger charge is 2.36. The zero-order valence-electron chi connectivity index (χ0n) is 7.73. The van der Waals surface area contributed by atoms with Gasteiger partial charge < -0.3 is 9.84 Å². The van der Waals surface area contributed by atoms with E-state index < -0.39 is 0 Å². The summed E-state index contributed by atoms with van der Waals surface area (Å²) in [6, 6.07) is 0. The second kappa shape index (κ2) is 5.73. The monoisotopic (exact) mass is 180 g/mol. The number of hydrogen-bond donors (Lipinski definition) is 1. The Hall–Kier alpha value is -0.860. The molecule has 0 amide bonds. The van der Waals surface area contributed by atoms with Gasteiger partial charge >= 0.3 is 0 Å². The number of allylic oxidation sites excluding steroid dienone is 4. The Kier molecular flexibility index (Phi) is 4.50. The topological polar surface area (TPSA) is 32.8 Å². The summed E-state index contributed by atoms with van der Waals surface area (Å²) in [5, 5.41) is 8.68. The summed E-state index contributed by atoms with van der Waals surface area (Å²) in [6.45, 7) is 3.73. The molecule has 0 radical (unpaired) electrons. The van der Waals surface area contributed by atoms with Crippen molar-refractivity contribution < 1.29 is 9.84 Å². The van der Waals surface area contributed by atoms with Crippen LogP contribution in [0.1, 0.15) is 12.8 Å². The molecule has 1 rings (SSSR count). The second-order valence-electron chi connectivity index (χ2n) is 3.00. The molecule has 0 unspecified atom stereocenters. The average molecular weight is 180 g/mol. The Morgan fingerprint density at radius 2 is 2.08 bits per heavy atom. The molecule has 1 saturated heterocycles. The maximum Gasteiger partial charge on any atom is 0.107 e. The van der Waals surface area contributed by atoms with Crippen molar-refractivity contribution in [2.75, 3.05) is 6.61 Å². The molecule has 1 aliphatic heterocycles. The van der Waals surface area contributed by atoms with Crippen LogP contribution in [0.25, 0.3) is 0 Å². The van der Waals surface area contributed by atoms with Crippen LogP contribution in [-0.2, 0) is 4.74 Å². The highest BCUT2D eigenvalue weighted by molar-refractivity contribution is 5.02. The zero-order valence-corrected chi connectivity index (χ0v) is 7.73. The van der Waals surface area contributed by atoms with E-state index in [0.29, 0.717) is 0 Å². The molecule has 72 valence electrons. The van der Waals surface area contributed by atoms with Crippen LogP contribution >= 0.6 is 0 Å². The van der Waals surface area contributed by atoms with Gasteiger partial charge in [-0.05, 0) is 12.8 Å². The van der Waals surface area contributed by atoms with Crippen molar-refractivity contribution in [3.63, 3.8) is 0 Å². The van der Waals surface area contributed by atoms with Crippen molar-refractivity contribution in [1.82, 2.24) is 0 Å². The normalized spacial score (nSPS) is 27.2. The number of ether oxygens (including phenoxy) is 1. The largest absolute Gasteiger partial charge is 0.394 e. The minimum Gasteiger partial charge on any atom is -0.394 e. The fourth-order valence-electron chi connectivity index (χ4n) is 1.13. The van der Waals surface area contributed by atoms with Gasteiger partial charge in [0, 0.05) is 0 Å². The SMILES string of the molecule is C=C/C=C\C/C=C\C[C@H]1O[C@H]1CO. The summed E-state index contributed by atoms with van der Waals surface area (Å²) < 4.78 is 5.16. The van der Waals surface area contributed by atoms with Gasteiger partial charge in [0.25, 0.3) is 0 Å². The first-order valence-corrected chi connectivity index (χ1v) is 4.57. The Labute approximate surface area is 79.2 Å². The predicted octanol–water partition coefficient (Wildman–Crippen LogP) is 1.82. The fourth-order valence-corrected chi connectivity index (χ4v) is 1.13. The van der Waals surface area contributed by atoms with Crippen LogP contribution in [0.5, 0.6) is 0 Å². The Morgan fingerprint density at radius 3 is 2.69 bits per heavy atom. The van der Waals surface area contributed by atoms with Gasteiger partial charge in [-0.15, -0.1) is 0 Å². The second-order valence-corrected chi connectivity index (χ2v) is 3.00. The van der Waals surface area contributed by atoms with Crippen molar-refractivity contribution >= 4 is 0 Å². The molecular weight excluding hydrogens is 164 g/mol. The Balaban J connectivity index is 1.99. The first-order valence-electron chi connectivity index (χ1n) is 4.57. The van der Waals surface area contributed by atoms with Gasteiger partial charge in [0.15, 0.2) is 0 Å². The highest BCUT2D eigenvalue weighted by Crippen LogP contribution is 2.24. The van der Waals surface area contributed by atoms with E-state index in [1.807, 2.05) is 12.2 Å². The van der Waals surface area contributed by atoms with E-state index in [1.54, 1.807) is 6.08 Å². The summed E-state index contributed by atoms with van der Waals surface area (Å²) in [5.41, 5.74) is 0. The van der Waals surface area contributed by atoms with Gasteiger partial charge in [-0.25, -0.2) is 0 Å². The summed E-state index contributed by atoms with van der Waals surface area (Å²) in [6.07, 6.45) is 12.1. The molecule has 1 aliphatic rings. The third kappa shape index (κ3) is 4.06. The molecule has 0 aromatic heterocycles. The van der Waals surface area contributed by atoms with Crippen molar-refractivity contribution in [2.24, 2.45) is 0 Å². The predicted molar refractivity (Wildman–Crippen MR) is 53.5 cm³/mol. The van der Waals surface area contributed by atoms with Gasteiger partial charge in [0.05, 0.1) is 12.7 Å². The third-order valence-electron chi connectivity index (χ3n) is 1.95. The van der Waals surface area contributed by atoms with Crippen molar-refractivity contribution in [2.45, 2.75) is 25.0 Å². The lowest BCUT2D eigenvalue weighted by atomic mass is 10.2. The Bertz CT molecular complexity index is 206. The number of hydrogen-bond acceptors (Lipinski definition) is 2. The lowest BCUT2D eigenvalue weighted by Crippen LogP contribution is -1.97. The van der Waals surface area contributed by atoms with Gasteiger partial charge in [-0.2, -0.15) is 0 Å². The van der Waals surface area contributed by atoms with Crippen LogP contribution < -0.4 is 0 Å². The molecule has 0 aromatic rings. The Morgan fingerprint density at radius 1 is 1.23 bits per heavy atom. The van der Waals surface area contributed by atoms with Crippen LogP contribution in [0.3, 0.4) is 0 Å². The smallest absolute Gasteiger partial charge is 0.107 e. The molecule has 1 fully saturated rings. The number of aliphatic hydroxyl groups excluding tert-OH is 1. The van der Waals surface area contributed by atoms with Crippen LogP contribution in [0.2, 0.25) is 0 Å². The van der Waals surface area contributed by atoms with E-state index in [0.717, 1.165) is 12.8 Å². The fraction of sp³-hybridized carbons (Fsp3) is 0.455. The molecule has 0 bridgehead atoms. The number of rotatable bonds is 6. The molecule has 1 N–H and O–H groups in total. The summed E-state index contributed by atoms with van der Waals surface area (Å²) in [4.78, 5) is 0. The molecule has 13 heavy (non-hydrogen) atoms. The van der Waals surface area contributed by atoms with Gasteiger partial charge in [-0.3, -0.25) is 0 Å². The van der Waals surface area contributed by atoms with E-state index >= 15 is 0 Å².